The van der Waals surface area contributed by atoms with Crippen molar-refractivity contribution in [1.82, 2.24) is 9.55 Å². The lowest BCUT2D eigenvalue weighted by Crippen LogP contribution is -1.96. The maximum Gasteiger partial charge on any atom is 0.106 e. The van der Waals surface area contributed by atoms with Crippen LogP contribution in [0.3, 0.4) is 0 Å². The summed E-state index contributed by atoms with van der Waals surface area (Å²) in [6.45, 7) is 9.12. The minimum atomic E-state index is 0.928. The largest absolute Gasteiger partial charge is 0.327 e. The Kier molecular flexibility index (Phi) is 2.77. The molecule has 0 aliphatic rings. The van der Waals surface area contributed by atoms with E-state index in [-0.39, 0.29) is 0 Å². The molecule has 2 aromatic rings. The van der Waals surface area contributed by atoms with Crippen LogP contribution in [0.25, 0.3) is 11.0 Å². The summed E-state index contributed by atoms with van der Waals surface area (Å²) < 4.78 is 2.21. The number of hydrogen-bond donors (Lipinski definition) is 0. The van der Waals surface area contributed by atoms with Crippen LogP contribution in [0.1, 0.15) is 26.6 Å². The molecule has 0 bridgehead atoms. The second-order valence-corrected chi connectivity index (χ2v) is 4.11. The van der Waals surface area contributed by atoms with Gasteiger partial charge in [0.15, 0.2) is 0 Å². The molecular weight excluding hydrogens is 198 g/mol. The number of aryl methyl sites for hydroxylation is 2. The van der Waals surface area contributed by atoms with Crippen LogP contribution in [-0.4, -0.2) is 15.3 Å². The normalized spacial score (nSPS) is 10.8. The molecule has 0 radical (unpaired) electrons. The Bertz CT molecular complexity index is 546. The molecule has 1 aromatic carbocycles. The zero-order valence-corrected chi connectivity index (χ0v) is 10.3. The first kappa shape index (κ1) is 10.9. The predicted octanol–water partition coefficient (Wildman–Crippen LogP) is 3.48. The van der Waals surface area contributed by atoms with Gasteiger partial charge in [0, 0.05) is 12.3 Å². The van der Waals surface area contributed by atoms with Gasteiger partial charge in [-0.2, -0.15) is 0 Å². The zero-order valence-electron chi connectivity index (χ0n) is 10.3. The van der Waals surface area contributed by atoms with Crippen molar-refractivity contribution >= 4 is 22.4 Å². The standard InChI is InChI=1S/C13H17N3/c1-5-16-10(4)15-12-8-6-7-11(13(12)16)14-9(2)3/h6-8H,5H2,1-4H3. The Labute approximate surface area is 95.8 Å². The maximum absolute atomic E-state index is 4.57. The molecule has 0 atom stereocenters. The minimum absolute atomic E-state index is 0.928. The third-order valence-corrected chi connectivity index (χ3v) is 2.60. The van der Waals surface area contributed by atoms with Crippen LogP contribution in [0.15, 0.2) is 23.2 Å². The first-order chi connectivity index (χ1) is 7.63. The van der Waals surface area contributed by atoms with E-state index in [0.29, 0.717) is 0 Å². The van der Waals surface area contributed by atoms with Crippen LogP contribution in [0.2, 0.25) is 0 Å². The highest BCUT2D eigenvalue weighted by molar-refractivity contribution is 5.92. The maximum atomic E-state index is 4.57. The van der Waals surface area contributed by atoms with Crippen LogP contribution in [-0.2, 0) is 6.54 Å². The fourth-order valence-corrected chi connectivity index (χ4v) is 2.00. The second kappa shape index (κ2) is 4.08. The quantitative estimate of drug-likeness (QED) is 0.705. The molecule has 1 aromatic heterocycles. The van der Waals surface area contributed by atoms with Gasteiger partial charge in [-0.1, -0.05) is 6.07 Å². The van der Waals surface area contributed by atoms with Gasteiger partial charge in [0.25, 0.3) is 0 Å². The van der Waals surface area contributed by atoms with Crippen LogP contribution >= 0.6 is 0 Å². The predicted molar refractivity (Wildman–Crippen MR) is 68.6 cm³/mol. The second-order valence-electron chi connectivity index (χ2n) is 4.11. The van der Waals surface area contributed by atoms with Crippen LogP contribution in [0, 0.1) is 6.92 Å². The minimum Gasteiger partial charge on any atom is -0.327 e. The van der Waals surface area contributed by atoms with E-state index in [1.54, 1.807) is 0 Å². The number of rotatable bonds is 2. The number of aliphatic imine (C=N–C) groups is 1. The monoisotopic (exact) mass is 215 g/mol. The fourth-order valence-electron chi connectivity index (χ4n) is 2.00. The van der Waals surface area contributed by atoms with E-state index in [9.17, 15) is 0 Å². The van der Waals surface area contributed by atoms with Crippen LogP contribution in [0.5, 0.6) is 0 Å². The molecular formula is C13H17N3. The molecule has 0 spiro atoms. The van der Waals surface area contributed by atoms with Crippen molar-refractivity contribution in [3.8, 4) is 0 Å². The summed E-state index contributed by atoms with van der Waals surface area (Å²) in [6, 6.07) is 6.09. The molecule has 3 heteroatoms. The summed E-state index contributed by atoms with van der Waals surface area (Å²) in [7, 11) is 0. The van der Waals surface area contributed by atoms with Crippen LogP contribution in [0.4, 0.5) is 5.69 Å². The summed E-state index contributed by atoms with van der Waals surface area (Å²) in [5, 5.41) is 0. The van der Waals surface area contributed by atoms with E-state index in [1.807, 2.05) is 39.0 Å². The molecule has 0 N–H and O–H groups in total. The lowest BCUT2D eigenvalue weighted by molar-refractivity contribution is 0.753. The van der Waals surface area contributed by atoms with Gasteiger partial charge in [0.1, 0.15) is 5.82 Å². The van der Waals surface area contributed by atoms with Crippen LogP contribution < -0.4 is 0 Å². The molecule has 0 unspecified atom stereocenters. The van der Waals surface area contributed by atoms with Crippen molar-refractivity contribution in [3.05, 3.63) is 24.0 Å². The van der Waals surface area contributed by atoms with Crippen molar-refractivity contribution < 1.29 is 0 Å². The highest BCUT2D eigenvalue weighted by Gasteiger charge is 2.09. The number of hydrogen-bond acceptors (Lipinski definition) is 2. The lowest BCUT2D eigenvalue weighted by Gasteiger charge is -2.04. The molecule has 0 aliphatic carbocycles. The fraction of sp³-hybridized carbons (Fsp3) is 0.385. The van der Waals surface area contributed by atoms with E-state index in [2.05, 4.69) is 21.5 Å². The number of imidazole rings is 1. The summed E-state index contributed by atoms with van der Waals surface area (Å²) in [4.78, 5) is 9.11. The summed E-state index contributed by atoms with van der Waals surface area (Å²) >= 11 is 0. The van der Waals surface area contributed by atoms with Crippen molar-refractivity contribution in [1.29, 1.82) is 0 Å². The van der Waals surface area contributed by atoms with E-state index < -0.39 is 0 Å². The van der Waals surface area contributed by atoms with Crippen molar-refractivity contribution in [3.63, 3.8) is 0 Å². The molecule has 0 amide bonds. The first-order valence-corrected chi connectivity index (χ1v) is 5.61. The molecule has 3 nitrogen and oxygen atoms in total. The molecule has 0 saturated heterocycles. The first-order valence-electron chi connectivity index (χ1n) is 5.61. The third-order valence-electron chi connectivity index (χ3n) is 2.60. The average molecular weight is 215 g/mol. The summed E-state index contributed by atoms with van der Waals surface area (Å²) in [6.07, 6.45) is 0. The molecule has 16 heavy (non-hydrogen) atoms. The summed E-state index contributed by atoms with van der Waals surface area (Å²) in [5.74, 6) is 1.05. The Hall–Kier alpha value is -1.64. The lowest BCUT2D eigenvalue weighted by atomic mass is 10.2. The number of fused-ring (bicyclic) bond motifs is 1. The van der Waals surface area contributed by atoms with Gasteiger partial charge >= 0.3 is 0 Å². The number of nitrogens with zero attached hydrogens (tertiary/aromatic N) is 3. The van der Waals surface area contributed by atoms with Gasteiger partial charge in [-0.05, 0) is 39.8 Å². The number of benzene rings is 1. The van der Waals surface area contributed by atoms with E-state index in [4.69, 9.17) is 0 Å². The Morgan fingerprint density at radius 1 is 1.38 bits per heavy atom. The number of para-hydroxylation sites is 1. The Morgan fingerprint density at radius 3 is 2.75 bits per heavy atom. The molecule has 2 rings (SSSR count). The molecule has 1 heterocycles. The van der Waals surface area contributed by atoms with Crippen molar-refractivity contribution in [2.75, 3.05) is 0 Å². The van der Waals surface area contributed by atoms with Gasteiger partial charge in [-0.25, -0.2) is 4.98 Å². The third kappa shape index (κ3) is 1.73. The summed E-state index contributed by atoms with van der Waals surface area (Å²) in [5.41, 5.74) is 4.25. The Balaban J connectivity index is 2.79. The SMILES string of the molecule is CCn1c(C)nc2cccc(N=C(C)C)c21. The Morgan fingerprint density at radius 2 is 2.12 bits per heavy atom. The average Bonchev–Trinajstić information content (AvgIpc) is 2.53. The highest BCUT2D eigenvalue weighted by Crippen LogP contribution is 2.27. The van der Waals surface area contributed by atoms with Gasteiger partial charge in [0.2, 0.25) is 0 Å². The topological polar surface area (TPSA) is 30.2 Å². The van der Waals surface area contributed by atoms with Gasteiger partial charge in [-0.15, -0.1) is 0 Å². The zero-order chi connectivity index (χ0) is 11.7. The van der Waals surface area contributed by atoms with Gasteiger partial charge < -0.3 is 4.57 Å². The molecule has 0 aliphatic heterocycles. The number of aromatic nitrogens is 2. The van der Waals surface area contributed by atoms with E-state index in [1.165, 1.54) is 0 Å². The van der Waals surface area contributed by atoms with Gasteiger partial charge in [-0.3, -0.25) is 4.99 Å². The molecule has 0 saturated carbocycles. The van der Waals surface area contributed by atoms with E-state index in [0.717, 1.165) is 34.8 Å². The highest BCUT2D eigenvalue weighted by atomic mass is 15.1. The van der Waals surface area contributed by atoms with E-state index >= 15 is 0 Å². The smallest absolute Gasteiger partial charge is 0.106 e. The van der Waals surface area contributed by atoms with Gasteiger partial charge in [0.05, 0.1) is 16.7 Å². The molecule has 84 valence electrons. The molecule has 0 fully saturated rings. The van der Waals surface area contributed by atoms with Crippen molar-refractivity contribution in [2.45, 2.75) is 34.2 Å². The van der Waals surface area contributed by atoms with Crippen molar-refractivity contribution in [2.24, 2.45) is 4.99 Å².